The molecule has 4 rings (SSSR count). The van der Waals surface area contributed by atoms with Gasteiger partial charge in [0.05, 0.1) is 30.3 Å². The molecule has 3 heterocycles. The van der Waals surface area contributed by atoms with Crippen LogP contribution in [0.15, 0.2) is 41.3 Å². The van der Waals surface area contributed by atoms with Crippen LogP contribution >= 0.6 is 0 Å². The third-order valence-corrected chi connectivity index (χ3v) is 5.05. The molecular weight excluding hydrogens is 352 g/mol. The summed E-state index contributed by atoms with van der Waals surface area (Å²) < 4.78 is 11.1. The number of benzene rings is 1. The lowest BCUT2D eigenvalue weighted by Gasteiger charge is -2.17. The van der Waals surface area contributed by atoms with Gasteiger partial charge in [0.1, 0.15) is 11.5 Å². The van der Waals surface area contributed by atoms with Crippen molar-refractivity contribution in [1.82, 2.24) is 20.3 Å². The summed E-state index contributed by atoms with van der Waals surface area (Å²) in [6, 6.07) is 6.23. The molecule has 0 aliphatic rings. The van der Waals surface area contributed by atoms with Crippen LogP contribution in [0.5, 0.6) is 5.75 Å². The predicted molar refractivity (Wildman–Crippen MR) is 108 cm³/mol. The second-order valence-corrected chi connectivity index (χ2v) is 6.91. The largest absolute Gasteiger partial charge is 0.496 e. The van der Waals surface area contributed by atoms with E-state index in [1.165, 1.54) is 0 Å². The van der Waals surface area contributed by atoms with E-state index in [1.54, 1.807) is 13.3 Å². The standard InChI is InChI=1S/C22H22N4O2/c1-12-6-7-23-22(16-10-24-25-11-16)20(12)17-9-19(27-5)18(8-13(17)2)21-14(3)26-28-15(21)4/h6-11H,1-5H3,(H,24,25). The van der Waals surface area contributed by atoms with Crippen LogP contribution in [0.1, 0.15) is 22.6 Å². The van der Waals surface area contributed by atoms with Gasteiger partial charge in [0.25, 0.3) is 0 Å². The number of aromatic nitrogens is 4. The molecule has 0 unspecified atom stereocenters. The van der Waals surface area contributed by atoms with Crippen molar-refractivity contribution in [3.05, 3.63) is 59.4 Å². The fourth-order valence-electron chi connectivity index (χ4n) is 3.69. The van der Waals surface area contributed by atoms with E-state index in [0.717, 1.165) is 61.8 Å². The summed E-state index contributed by atoms with van der Waals surface area (Å²) >= 11 is 0. The number of H-pyrrole nitrogens is 1. The van der Waals surface area contributed by atoms with E-state index in [0.29, 0.717) is 0 Å². The van der Waals surface area contributed by atoms with E-state index < -0.39 is 0 Å². The van der Waals surface area contributed by atoms with E-state index in [9.17, 15) is 0 Å². The second kappa shape index (κ2) is 6.96. The summed E-state index contributed by atoms with van der Waals surface area (Å²) in [7, 11) is 1.68. The highest BCUT2D eigenvalue weighted by Gasteiger charge is 2.21. The van der Waals surface area contributed by atoms with Crippen molar-refractivity contribution in [2.75, 3.05) is 7.11 Å². The minimum atomic E-state index is 0.774. The zero-order valence-corrected chi connectivity index (χ0v) is 16.6. The minimum absolute atomic E-state index is 0.774. The number of ether oxygens (including phenoxy) is 1. The quantitative estimate of drug-likeness (QED) is 0.542. The molecule has 142 valence electrons. The summed E-state index contributed by atoms with van der Waals surface area (Å²) in [5.74, 6) is 1.55. The number of nitrogens with zero attached hydrogens (tertiary/aromatic N) is 3. The molecule has 0 saturated carbocycles. The van der Waals surface area contributed by atoms with Crippen molar-refractivity contribution < 1.29 is 9.26 Å². The molecule has 0 bridgehead atoms. The Morgan fingerprint density at radius 1 is 1.00 bits per heavy atom. The van der Waals surface area contributed by atoms with Gasteiger partial charge in [-0.25, -0.2) is 0 Å². The van der Waals surface area contributed by atoms with Crippen LogP contribution in [-0.2, 0) is 0 Å². The van der Waals surface area contributed by atoms with Crippen LogP contribution in [-0.4, -0.2) is 27.4 Å². The summed E-state index contributed by atoms with van der Waals surface area (Å²) in [6.45, 7) is 8.05. The van der Waals surface area contributed by atoms with E-state index in [2.05, 4.69) is 46.3 Å². The zero-order valence-electron chi connectivity index (χ0n) is 16.6. The summed E-state index contributed by atoms with van der Waals surface area (Å²) in [4.78, 5) is 4.63. The number of aromatic amines is 1. The third kappa shape index (κ3) is 2.87. The number of rotatable bonds is 4. The molecule has 0 fully saturated rings. The smallest absolute Gasteiger partial charge is 0.141 e. The van der Waals surface area contributed by atoms with Crippen LogP contribution in [0.25, 0.3) is 33.5 Å². The molecule has 0 saturated heterocycles. The van der Waals surface area contributed by atoms with Gasteiger partial charge in [-0.05, 0) is 62.6 Å². The second-order valence-electron chi connectivity index (χ2n) is 6.91. The van der Waals surface area contributed by atoms with E-state index >= 15 is 0 Å². The first-order valence-corrected chi connectivity index (χ1v) is 9.08. The van der Waals surface area contributed by atoms with Crippen molar-refractivity contribution in [3.63, 3.8) is 0 Å². The Labute approximate surface area is 163 Å². The highest BCUT2D eigenvalue weighted by atomic mass is 16.5. The van der Waals surface area contributed by atoms with Gasteiger partial charge in [0.15, 0.2) is 0 Å². The summed E-state index contributed by atoms with van der Waals surface area (Å²) in [5, 5.41) is 11.0. The van der Waals surface area contributed by atoms with Crippen LogP contribution in [0.4, 0.5) is 0 Å². The molecule has 0 atom stereocenters. The Morgan fingerprint density at radius 3 is 2.46 bits per heavy atom. The molecule has 6 heteroatoms. The molecule has 0 amide bonds. The molecule has 4 aromatic rings. The zero-order chi connectivity index (χ0) is 19.8. The van der Waals surface area contributed by atoms with Crippen LogP contribution < -0.4 is 4.74 Å². The van der Waals surface area contributed by atoms with E-state index in [1.807, 2.05) is 32.3 Å². The number of hydrogen-bond donors (Lipinski definition) is 1. The van der Waals surface area contributed by atoms with Crippen LogP contribution in [0.3, 0.4) is 0 Å². The highest BCUT2D eigenvalue weighted by Crippen LogP contribution is 2.42. The SMILES string of the molecule is COc1cc(-c2c(C)ccnc2-c2cn[nH]c2)c(C)cc1-c1c(C)noc1C. The minimum Gasteiger partial charge on any atom is -0.496 e. The fourth-order valence-corrected chi connectivity index (χ4v) is 3.69. The van der Waals surface area contributed by atoms with Crippen LogP contribution in [0, 0.1) is 27.7 Å². The monoisotopic (exact) mass is 374 g/mol. The Bertz CT molecular complexity index is 1120. The molecule has 0 spiro atoms. The fraction of sp³-hybridized carbons (Fsp3) is 0.227. The van der Waals surface area contributed by atoms with Crippen molar-refractivity contribution in [2.24, 2.45) is 0 Å². The third-order valence-electron chi connectivity index (χ3n) is 5.05. The normalized spacial score (nSPS) is 11.0. The van der Waals surface area contributed by atoms with Gasteiger partial charge in [-0.3, -0.25) is 10.1 Å². The molecular formula is C22H22N4O2. The van der Waals surface area contributed by atoms with Crippen molar-refractivity contribution in [3.8, 4) is 39.3 Å². The Morgan fingerprint density at radius 2 is 1.82 bits per heavy atom. The van der Waals surface area contributed by atoms with Gasteiger partial charge in [0, 0.05) is 29.1 Å². The topological polar surface area (TPSA) is 76.8 Å². The molecule has 0 radical (unpaired) electrons. The molecule has 0 aliphatic carbocycles. The maximum absolute atomic E-state index is 5.76. The molecule has 1 aromatic carbocycles. The lowest BCUT2D eigenvalue weighted by atomic mass is 9.90. The van der Waals surface area contributed by atoms with Crippen molar-refractivity contribution in [2.45, 2.75) is 27.7 Å². The van der Waals surface area contributed by atoms with Gasteiger partial charge in [0.2, 0.25) is 0 Å². The van der Waals surface area contributed by atoms with Gasteiger partial charge in [-0.1, -0.05) is 5.16 Å². The van der Waals surface area contributed by atoms with E-state index in [-0.39, 0.29) is 0 Å². The predicted octanol–water partition coefficient (Wildman–Crippen LogP) is 5.04. The first-order chi connectivity index (χ1) is 13.5. The van der Waals surface area contributed by atoms with Gasteiger partial charge >= 0.3 is 0 Å². The molecule has 3 aromatic heterocycles. The number of pyridine rings is 1. The number of nitrogens with one attached hydrogen (secondary N) is 1. The van der Waals surface area contributed by atoms with Gasteiger partial charge in [-0.15, -0.1) is 0 Å². The average Bonchev–Trinajstić information content (AvgIpc) is 3.32. The first kappa shape index (κ1) is 18.0. The first-order valence-electron chi connectivity index (χ1n) is 9.08. The lowest BCUT2D eigenvalue weighted by Crippen LogP contribution is -1.97. The highest BCUT2D eigenvalue weighted by molar-refractivity contribution is 5.87. The number of hydrogen-bond acceptors (Lipinski definition) is 5. The Balaban J connectivity index is 1.97. The molecule has 0 aliphatic heterocycles. The molecule has 6 nitrogen and oxygen atoms in total. The Hall–Kier alpha value is -3.41. The Kier molecular flexibility index (Phi) is 4.47. The summed E-state index contributed by atoms with van der Waals surface area (Å²) in [6.07, 6.45) is 5.47. The van der Waals surface area contributed by atoms with Crippen molar-refractivity contribution in [1.29, 1.82) is 0 Å². The van der Waals surface area contributed by atoms with Crippen LogP contribution in [0.2, 0.25) is 0 Å². The average molecular weight is 374 g/mol. The maximum Gasteiger partial charge on any atom is 0.141 e. The molecule has 1 N–H and O–H groups in total. The number of methoxy groups -OCH3 is 1. The maximum atomic E-state index is 5.76. The van der Waals surface area contributed by atoms with E-state index in [4.69, 9.17) is 9.26 Å². The van der Waals surface area contributed by atoms with Gasteiger partial charge in [-0.2, -0.15) is 5.10 Å². The summed E-state index contributed by atoms with van der Waals surface area (Å²) in [5.41, 5.74) is 9.06. The molecule has 28 heavy (non-hydrogen) atoms. The lowest BCUT2D eigenvalue weighted by molar-refractivity contribution is 0.393. The van der Waals surface area contributed by atoms with Gasteiger partial charge < -0.3 is 9.26 Å². The van der Waals surface area contributed by atoms with Crippen molar-refractivity contribution >= 4 is 0 Å². The number of aryl methyl sites for hydroxylation is 4.